The Hall–Kier alpha value is -2.05. The second-order valence-electron chi connectivity index (χ2n) is 2.57. The maximum absolute atomic E-state index is 11.3. The van der Waals surface area contributed by atoms with E-state index in [4.69, 9.17) is 10.5 Å². The van der Waals surface area contributed by atoms with Crippen LogP contribution < -0.4 is 5.73 Å². The first kappa shape index (κ1) is 11.0. The van der Waals surface area contributed by atoms with E-state index >= 15 is 0 Å². The number of nitrogens with zero attached hydrogens (tertiary/aromatic N) is 1. The van der Waals surface area contributed by atoms with Gasteiger partial charge in [-0.15, -0.1) is 0 Å². The average Bonchev–Trinajstić information content (AvgIpc) is 2.59. The van der Waals surface area contributed by atoms with E-state index in [0.29, 0.717) is 0 Å². The minimum atomic E-state index is -0.732. The zero-order chi connectivity index (χ0) is 11.4. The summed E-state index contributed by atoms with van der Waals surface area (Å²) in [5.74, 6) is -1.52. The summed E-state index contributed by atoms with van der Waals surface area (Å²) in [5, 5.41) is 5.86. The molecule has 0 saturated heterocycles. The van der Waals surface area contributed by atoms with Crippen LogP contribution in [-0.2, 0) is 9.47 Å². The Morgan fingerprint density at radius 3 is 2.67 bits per heavy atom. The van der Waals surface area contributed by atoms with Gasteiger partial charge in [0.25, 0.3) is 0 Å². The van der Waals surface area contributed by atoms with Gasteiger partial charge in [-0.2, -0.15) is 5.10 Å². The molecule has 0 atom stereocenters. The summed E-state index contributed by atoms with van der Waals surface area (Å²) in [6.45, 7) is 1.84. The number of nitrogen functional groups attached to an aromatic ring is 1. The van der Waals surface area contributed by atoms with E-state index in [2.05, 4.69) is 14.9 Å². The molecular weight excluding hydrogens is 202 g/mol. The molecule has 0 aliphatic rings. The van der Waals surface area contributed by atoms with Gasteiger partial charge < -0.3 is 15.2 Å². The van der Waals surface area contributed by atoms with Crippen molar-refractivity contribution >= 4 is 17.8 Å². The summed E-state index contributed by atoms with van der Waals surface area (Å²) in [6.07, 6.45) is 0. The van der Waals surface area contributed by atoms with Crippen molar-refractivity contribution in [2.75, 3.05) is 19.5 Å². The Bertz CT molecular complexity index is 385. The fraction of sp³-hybridized carbons (Fsp3) is 0.375. The molecule has 0 bridgehead atoms. The zero-order valence-corrected chi connectivity index (χ0v) is 8.36. The maximum atomic E-state index is 11.3. The van der Waals surface area contributed by atoms with Crippen LogP contribution in [0.15, 0.2) is 0 Å². The Balaban J connectivity index is 3.08. The van der Waals surface area contributed by atoms with Gasteiger partial charge in [0.15, 0.2) is 11.5 Å². The average molecular weight is 213 g/mol. The van der Waals surface area contributed by atoms with E-state index in [1.54, 1.807) is 6.92 Å². The largest absolute Gasteiger partial charge is 0.465 e. The summed E-state index contributed by atoms with van der Waals surface area (Å²) in [7, 11) is 1.18. The number of aromatic nitrogens is 2. The van der Waals surface area contributed by atoms with Crippen molar-refractivity contribution in [3.63, 3.8) is 0 Å². The number of carbonyl (C=O) groups excluding carboxylic acids is 2. The van der Waals surface area contributed by atoms with Crippen molar-refractivity contribution in [3.05, 3.63) is 11.3 Å². The Morgan fingerprint density at radius 1 is 1.47 bits per heavy atom. The lowest BCUT2D eigenvalue weighted by molar-refractivity contribution is 0.0498. The van der Waals surface area contributed by atoms with Crippen LogP contribution in [0.4, 0.5) is 5.82 Å². The van der Waals surface area contributed by atoms with E-state index in [0.717, 1.165) is 0 Å². The van der Waals surface area contributed by atoms with Crippen LogP contribution in [0.5, 0.6) is 0 Å². The van der Waals surface area contributed by atoms with Gasteiger partial charge in [0.2, 0.25) is 0 Å². The number of aromatic amines is 1. The minimum absolute atomic E-state index is 0.0927. The quantitative estimate of drug-likeness (QED) is 0.682. The highest BCUT2D eigenvalue weighted by molar-refractivity contribution is 6.05. The fourth-order valence-corrected chi connectivity index (χ4v) is 1.02. The van der Waals surface area contributed by atoms with E-state index in [1.807, 2.05) is 0 Å². The normalized spacial score (nSPS) is 9.73. The molecule has 0 amide bonds. The minimum Gasteiger partial charge on any atom is -0.465 e. The van der Waals surface area contributed by atoms with Gasteiger partial charge in [0.05, 0.1) is 13.7 Å². The topological polar surface area (TPSA) is 107 Å². The molecule has 1 aromatic rings. The molecule has 3 N–H and O–H groups in total. The van der Waals surface area contributed by atoms with Crippen LogP contribution in [0.2, 0.25) is 0 Å². The van der Waals surface area contributed by atoms with Crippen LogP contribution in [-0.4, -0.2) is 35.9 Å². The van der Waals surface area contributed by atoms with Crippen LogP contribution in [0.3, 0.4) is 0 Å². The van der Waals surface area contributed by atoms with Crippen molar-refractivity contribution in [3.8, 4) is 0 Å². The van der Waals surface area contributed by atoms with Gasteiger partial charge in [0, 0.05) is 0 Å². The molecule has 0 unspecified atom stereocenters. The molecule has 0 aliphatic carbocycles. The SMILES string of the molecule is CCOC(=O)c1[nH]nc(N)c1C(=O)OC. The number of H-pyrrole nitrogens is 1. The molecule has 1 rings (SSSR count). The second kappa shape index (κ2) is 4.45. The van der Waals surface area contributed by atoms with Crippen molar-refractivity contribution in [1.82, 2.24) is 10.2 Å². The number of hydrogen-bond donors (Lipinski definition) is 2. The molecule has 82 valence electrons. The lowest BCUT2D eigenvalue weighted by atomic mass is 10.2. The van der Waals surface area contributed by atoms with Gasteiger partial charge in [-0.05, 0) is 6.92 Å². The maximum Gasteiger partial charge on any atom is 0.357 e. The zero-order valence-electron chi connectivity index (χ0n) is 8.36. The molecule has 7 nitrogen and oxygen atoms in total. The molecular formula is C8H11N3O4. The lowest BCUT2D eigenvalue weighted by Gasteiger charge is -2.01. The molecule has 1 aromatic heterocycles. The number of rotatable bonds is 3. The predicted molar refractivity (Wildman–Crippen MR) is 50.3 cm³/mol. The number of esters is 2. The number of nitrogens with two attached hydrogens (primary N) is 1. The molecule has 1 heterocycles. The van der Waals surface area contributed by atoms with Crippen molar-refractivity contribution in [1.29, 1.82) is 0 Å². The first-order valence-electron chi connectivity index (χ1n) is 4.21. The van der Waals surface area contributed by atoms with Gasteiger partial charge in [-0.25, -0.2) is 9.59 Å². The van der Waals surface area contributed by atoms with E-state index in [1.165, 1.54) is 7.11 Å². The number of nitrogens with one attached hydrogen (secondary N) is 1. The van der Waals surface area contributed by atoms with E-state index in [9.17, 15) is 9.59 Å². The lowest BCUT2D eigenvalue weighted by Crippen LogP contribution is -2.13. The fourth-order valence-electron chi connectivity index (χ4n) is 1.02. The van der Waals surface area contributed by atoms with Crippen molar-refractivity contribution < 1.29 is 19.1 Å². The first-order valence-corrected chi connectivity index (χ1v) is 4.21. The van der Waals surface area contributed by atoms with Crippen molar-refractivity contribution in [2.24, 2.45) is 0 Å². The molecule has 0 fully saturated rings. The molecule has 0 aromatic carbocycles. The standard InChI is InChI=1S/C8H11N3O4/c1-3-15-8(13)5-4(7(12)14-2)6(9)11-10-5/h3H2,1-2H3,(H3,9,10,11). The highest BCUT2D eigenvalue weighted by Crippen LogP contribution is 2.15. The van der Waals surface area contributed by atoms with Crippen LogP contribution in [0.1, 0.15) is 27.8 Å². The van der Waals surface area contributed by atoms with Crippen LogP contribution in [0, 0.1) is 0 Å². The summed E-state index contributed by atoms with van der Waals surface area (Å²) >= 11 is 0. The Kier molecular flexibility index (Phi) is 3.27. The number of hydrogen-bond acceptors (Lipinski definition) is 6. The summed E-state index contributed by atoms with van der Waals surface area (Å²) < 4.78 is 9.16. The summed E-state index contributed by atoms with van der Waals surface area (Å²) in [4.78, 5) is 22.6. The number of ether oxygens (including phenoxy) is 2. The van der Waals surface area contributed by atoms with Gasteiger partial charge in [-0.3, -0.25) is 5.10 Å². The highest BCUT2D eigenvalue weighted by atomic mass is 16.5. The Labute approximate surface area is 85.5 Å². The second-order valence-corrected chi connectivity index (χ2v) is 2.57. The molecule has 0 spiro atoms. The molecule has 15 heavy (non-hydrogen) atoms. The molecule has 0 aliphatic heterocycles. The van der Waals surface area contributed by atoms with Crippen molar-refractivity contribution in [2.45, 2.75) is 6.92 Å². The van der Waals surface area contributed by atoms with Crippen LogP contribution >= 0.6 is 0 Å². The van der Waals surface area contributed by atoms with Gasteiger partial charge >= 0.3 is 11.9 Å². The third-order valence-electron chi connectivity index (χ3n) is 1.66. The molecule has 7 heteroatoms. The third kappa shape index (κ3) is 2.06. The number of carbonyl (C=O) groups is 2. The first-order chi connectivity index (χ1) is 7.11. The summed E-state index contributed by atoms with van der Waals surface area (Å²) in [5.41, 5.74) is 5.20. The molecule has 0 radical (unpaired) electrons. The number of methoxy groups -OCH3 is 1. The predicted octanol–water partition coefficient (Wildman–Crippen LogP) is -0.0448. The smallest absolute Gasteiger partial charge is 0.357 e. The monoisotopic (exact) mass is 213 g/mol. The Morgan fingerprint density at radius 2 is 2.13 bits per heavy atom. The van der Waals surface area contributed by atoms with Gasteiger partial charge in [-0.1, -0.05) is 0 Å². The third-order valence-corrected chi connectivity index (χ3v) is 1.66. The van der Waals surface area contributed by atoms with Gasteiger partial charge in [0.1, 0.15) is 5.56 Å². The highest BCUT2D eigenvalue weighted by Gasteiger charge is 2.24. The van der Waals surface area contributed by atoms with E-state index < -0.39 is 11.9 Å². The number of anilines is 1. The van der Waals surface area contributed by atoms with Crippen LogP contribution in [0.25, 0.3) is 0 Å². The summed E-state index contributed by atoms with van der Waals surface area (Å²) in [6, 6.07) is 0. The molecule has 0 saturated carbocycles. The van der Waals surface area contributed by atoms with E-state index in [-0.39, 0.29) is 23.7 Å².